The molecule has 140 valence electrons. The molecule has 24 heavy (non-hydrogen) atoms. The van der Waals surface area contributed by atoms with Gasteiger partial charge in [0.2, 0.25) is 11.8 Å². The second-order valence-electron chi connectivity index (χ2n) is 7.56. The minimum absolute atomic E-state index is 0.0123. The summed E-state index contributed by atoms with van der Waals surface area (Å²) in [6.45, 7) is 14.6. The Morgan fingerprint density at radius 3 is 1.71 bits per heavy atom. The fourth-order valence-corrected chi connectivity index (χ4v) is 10.4. The molecule has 0 aliphatic carbocycles. The molecule has 1 aliphatic rings. The molecule has 2 amide bonds. The first-order valence-corrected chi connectivity index (χ1v) is 12.8. The van der Waals surface area contributed by atoms with Gasteiger partial charge in [-0.1, -0.05) is 73.4 Å². The Morgan fingerprint density at radius 1 is 0.917 bits per heavy atom. The van der Waals surface area contributed by atoms with Crippen LogP contribution >= 0.6 is 31.9 Å². The van der Waals surface area contributed by atoms with Gasteiger partial charge in [0, 0.05) is 30.8 Å². The Morgan fingerprint density at radius 2 is 1.33 bits per heavy atom. The molecule has 0 N–H and O–H groups in total. The predicted octanol–water partition coefficient (Wildman–Crippen LogP) is 4.85. The smallest absolute Gasteiger partial charge is 0.229 e. The largest absolute Gasteiger partial charge is 0.415 e. The van der Waals surface area contributed by atoms with Gasteiger partial charge in [-0.15, -0.1) is 0 Å². The van der Waals surface area contributed by atoms with E-state index < -0.39 is 8.32 Å². The maximum Gasteiger partial charge on any atom is 0.229 e. The number of hydrogen-bond acceptors (Lipinski definition) is 3. The monoisotopic (exact) mass is 483 g/mol. The van der Waals surface area contributed by atoms with Gasteiger partial charge in [0.15, 0.2) is 8.32 Å². The molecule has 1 saturated heterocycles. The Balaban J connectivity index is 2.70. The van der Waals surface area contributed by atoms with Crippen molar-refractivity contribution in [2.45, 2.75) is 80.7 Å². The van der Waals surface area contributed by atoms with E-state index in [0.29, 0.717) is 42.6 Å². The zero-order valence-corrected chi connectivity index (χ0v) is 19.8. The standard InChI is InChI=1S/C17H31Br2NO3Si/c1-11(2)24(12(3)4,13(5)6)23-10-15(19)14(18)9-20-16(21)7-8-17(20)22/h11-15H,7-10H2,1-6H3/t14-,15-/m0/s1. The lowest BCUT2D eigenvalue weighted by Crippen LogP contribution is -2.49. The molecule has 1 heterocycles. The van der Waals surface area contributed by atoms with Crippen LogP contribution < -0.4 is 0 Å². The molecule has 0 aromatic rings. The molecule has 0 saturated carbocycles. The molecule has 0 aromatic carbocycles. The summed E-state index contributed by atoms with van der Waals surface area (Å²) in [4.78, 5) is 25.0. The number of halogens is 2. The van der Waals surface area contributed by atoms with Crippen molar-refractivity contribution in [3.63, 3.8) is 0 Å². The van der Waals surface area contributed by atoms with Crippen LogP contribution in [0.15, 0.2) is 0 Å². The van der Waals surface area contributed by atoms with E-state index in [1.807, 2.05) is 0 Å². The summed E-state index contributed by atoms with van der Waals surface area (Å²) in [6, 6.07) is 0. The Bertz CT molecular complexity index is 419. The van der Waals surface area contributed by atoms with E-state index in [1.54, 1.807) is 0 Å². The maximum atomic E-state index is 11.8. The van der Waals surface area contributed by atoms with Crippen LogP contribution in [-0.4, -0.2) is 47.8 Å². The average Bonchev–Trinajstić information content (AvgIpc) is 2.78. The Kier molecular flexibility index (Phi) is 8.63. The predicted molar refractivity (Wildman–Crippen MR) is 108 cm³/mol. The van der Waals surface area contributed by atoms with Crippen LogP contribution in [0.2, 0.25) is 16.6 Å². The van der Waals surface area contributed by atoms with Crippen LogP contribution in [0.4, 0.5) is 0 Å². The lowest BCUT2D eigenvalue weighted by molar-refractivity contribution is -0.138. The number of likely N-dealkylation sites (tertiary alicyclic amines) is 1. The van der Waals surface area contributed by atoms with Crippen LogP contribution in [-0.2, 0) is 14.0 Å². The number of carbonyl (C=O) groups excluding carboxylic acids is 2. The molecule has 4 nitrogen and oxygen atoms in total. The molecule has 0 aromatic heterocycles. The zero-order valence-electron chi connectivity index (χ0n) is 15.6. The first-order chi connectivity index (χ1) is 11.0. The summed E-state index contributed by atoms with van der Waals surface area (Å²) in [5.41, 5.74) is 1.60. The number of carbonyl (C=O) groups is 2. The molecule has 1 aliphatic heterocycles. The van der Waals surface area contributed by atoms with Crippen LogP contribution in [0.5, 0.6) is 0 Å². The van der Waals surface area contributed by atoms with E-state index in [-0.39, 0.29) is 21.5 Å². The molecular formula is C17H31Br2NO3Si. The quantitative estimate of drug-likeness (QED) is 0.267. The highest BCUT2D eigenvalue weighted by molar-refractivity contribution is 9.12. The van der Waals surface area contributed by atoms with Crippen LogP contribution in [0.1, 0.15) is 54.4 Å². The van der Waals surface area contributed by atoms with E-state index in [9.17, 15) is 9.59 Å². The molecule has 1 rings (SSSR count). The summed E-state index contributed by atoms with van der Waals surface area (Å²) < 4.78 is 6.59. The van der Waals surface area contributed by atoms with Gasteiger partial charge >= 0.3 is 0 Å². The van der Waals surface area contributed by atoms with Crippen molar-refractivity contribution in [3.05, 3.63) is 0 Å². The fourth-order valence-electron chi connectivity index (χ4n) is 3.94. The lowest BCUT2D eigenvalue weighted by Gasteiger charge is -2.43. The van der Waals surface area contributed by atoms with Crippen molar-refractivity contribution < 1.29 is 14.0 Å². The summed E-state index contributed by atoms with van der Waals surface area (Å²) in [6.07, 6.45) is 0.679. The second-order valence-corrected chi connectivity index (χ2v) is 15.4. The van der Waals surface area contributed by atoms with E-state index >= 15 is 0 Å². The highest BCUT2D eigenvalue weighted by Crippen LogP contribution is 2.42. The molecule has 7 heteroatoms. The molecule has 2 atom stereocenters. The van der Waals surface area contributed by atoms with Crippen molar-refractivity contribution in [2.24, 2.45) is 0 Å². The molecular weight excluding hydrogens is 454 g/mol. The van der Waals surface area contributed by atoms with Crippen molar-refractivity contribution in [1.29, 1.82) is 0 Å². The highest BCUT2D eigenvalue weighted by atomic mass is 79.9. The lowest BCUT2D eigenvalue weighted by atomic mass is 10.3. The van der Waals surface area contributed by atoms with E-state index in [2.05, 4.69) is 73.4 Å². The summed E-state index contributed by atoms with van der Waals surface area (Å²) in [7, 11) is -1.91. The summed E-state index contributed by atoms with van der Waals surface area (Å²) in [5, 5.41) is 0. The molecule has 0 radical (unpaired) electrons. The van der Waals surface area contributed by atoms with Gasteiger partial charge in [-0.2, -0.15) is 0 Å². The van der Waals surface area contributed by atoms with E-state index in [4.69, 9.17) is 4.43 Å². The number of alkyl halides is 2. The van der Waals surface area contributed by atoms with Gasteiger partial charge in [-0.25, -0.2) is 0 Å². The Labute approximate surface area is 164 Å². The van der Waals surface area contributed by atoms with Crippen molar-refractivity contribution in [2.75, 3.05) is 13.2 Å². The van der Waals surface area contributed by atoms with Crippen molar-refractivity contribution >= 4 is 52.0 Å². The third kappa shape index (κ3) is 4.92. The SMILES string of the molecule is CC(C)[Si](OC[C@H](Br)[C@@H](Br)CN1C(=O)CCC1=O)(C(C)C)C(C)C. The van der Waals surface area contributed by atoms with Crippen LogP contribution in [0.25, 0.3) is 0 Å². The van der Waals surface area contributed by atoms with Gasteiger partial charge in [0.1, 0.15) is 0 Å². The topological polar surface area (TPSA) is 46.6 Å². The van der Waals surface area contributed by atoms with Crippen LogP contribution in [0.3, 0.4) is 0 Å². The zero-order chi connectivity index (χ0) is 18.7. The number of rotatable bonds is 9. The van der Waals surface area contributed by atoms with Gasteiger partial charge in [0.05, 0.1) is 4.83 Å². The summed E-state index contributed by atoms with van der Waals surface area (Å²) in [5.74, 6) is -0.138. The van der Waals surface area contributed by atoms with Crippen LogP contribution in [0, 0.1) is 0 Å². The fraction of sp³-hybridized carbons (Fsp3) is 0.882. The third-order valence-corrected chi connectivity index (χ3v) is 13.7. The van der Waals surface area contributed by atoms with Crippen molar-refractivity contribution in [1.82, 2.24) is 4.90 Å². The number of imide groups is 1. The normalized spacial score (nSPS) is 19.0. The molecule has 0 bridgehead atoms. The van der Waals surface area contributed by atoms with Gasteiger partial charge in [-0.05, 0) is 16.6 Å². The minimum atomic E-state index is -1.91. The van der Waals surface area contributed by atoms with E-state index in [1.165, 1.54) is 4.90 Å². The first kappa shape index (κ1) is 22.3. The molecule has 0 spiro atoms. The number of nitrogens with zero attached hydrogens (tertiary/aromatic N) is 1. The molecule has 0 unspecified atom stereocenters. The molecule has 1 fully saturated rings. The van der Waals surface area contributed by atoms with Crippen molar-refractivity contribution in [3.8, 4) is 0 Å². The number of amides is 2. The van der Waals surface area contributed by atoms with Gasteiger partial charge < -0.3 is 4.43 Å². The number of hydrogen-bond donors (Lipinski definition) is 0. The first-order valence-electron chi connectivity index (χ1n) is 8.79. The van der Waals surface area contributed by atoms with Gasteiger partial charge in [-0.3, -0.25) is 14.5 Å². The van der Waals surface area contributed by atoms with Gasteiger partial charge in [0.25, 0.3) is 0 Å². The minimum Gasteiger partial charge on any atom is -0.415 e. The highest BCUT2D eigenvalue weighted by Gasteiger charge is 2.45. The third-order valence-electron chi connectivity index (χ3n) is 5.10. The maximum absolute atomic E-state index is 11.8. The average molecular weight is 485 g/mol. The second kappa shape index (κ2) is 9.28. The van der Waals surface area contributed by atoms with E-state index in [0.717, 1.165) is 0 Å². The Hall–Kier alpha value is 0.277. The summed E-state index contributed by atoms with van der Waals surface area (Å²) >= 11 is 7.32.